The number of nitrogens with zero attached hydrogens (tertiary/aromatic N) is 3. The highest BCUT2D eigenvalue weighted by Crippen LogP contribution is 2.18. The number of amides is 2. The molecule has 0 spiro atoms. The number of sulfonamides is 1. The molecule has 2 heterocycles. The van der Waals surface area contributed by atoms with Gasteiger partial charge in [0.1, 0.15) is 0 Å². The lowest BCUT2D eigenvalue weighted by atomic mass is 10.0. The summed E-state index contributed by atoms with van der Waals surface area (Å²) in [6, 6.07) is 8.54. The van der Waals surface area contributed by atoms with Crippen LogP contribution in [0.5, 0.6) is 0 Å². The van der Waals surface area contributed by atoms with Gasteiger partial charge in [0.25, 0.3) is 0 Å². The number of rotatable bonds is 8. The van der Waals surface area contributed by atoms with Crippen LogP contribution in [0.1, 0.15) is 39.0 Å². The lowest BCUT2D eigenvalue weighted by Gasteiger charge is -2.34. The second-order valence-corrected chi connectivity index (χ2v) is 10.2. The van der Waals surface area contributed by atoms with Gasteiger partial charge in [0.05, 0.1) is 4.90 Å². The number of hydrogen-bond donors (Lipinski definition) is 1. The molecule has 1 aromatic carbocycles. The molecule has 0 aromatic heterocycles. The van der Waals surface area contributed by atoms with Crippen LogP contribution < -0.4 is 5.32 Å². The maximum Gasteiger partial charge on any atom is 0.243 e. The molecule has 0 saturated carbocycles. The Morgan fingerprint density at radius 3 is 2.23 bits per heavy atom. The second-order valence-electron chi connectivity index (χ2n) is 8.28. The van der Waals surface area contributed by atoms with E-state index in [4.69, 9.17) is 0 Å². The molecule has 31 heavy (non-hydrogen) atoms. The lowest BCUT2D eigenvalue weighted by Crippen LogP contribution is -2.50. The Bertz CT molecular complexity index is 830. The molecule has 172 valence electrons. The van der Waals surface area contributed by atoms with E-state index in [0.29, 0.717) is 13.1 Å². The predicted molar refractivity (Wildman–Crippen MR) is 119 cm³/mol. The summed E-state index contributed by atoms with van der Waals surface area (Å²) in [6.07, 6.45) is 3.39. The summed E-state index contributed by atoms with van der Waals surface area (Å²) >= 11 is 0. The van der Waals surface area contributed by atoms with Crippen molar-refractivity contribution in [3.8, 4) is 0 Å². The van der Waals surface area contributed by atoms with Crippen molar-refractivity contribution in [3.05, 3.63) is 30.3 Å². The molecule has 0 aliphatic carbocycles. The van der Waals surface area contributed by atoms with Gasteiger partial charge in [-0.2, -0.15) is 4.31 Å². The molecular weight excluding hydrogens is 416 g/mol. The first-order valence-electron chi connectivity index (χ1n) is 11.2. The van der Waals surface area contributed by atoms with E-state index in [1.54, 1.807) is 35.2 Å². The van der Waals surface area contributed by atoms with Gasteiger partial charge in [-0.15, -0.1) is 0 Å². The van der Waals surface area contributed by atoms with Gasteiger partial charge in [-0.05, 0) is 37.9 Å². The van der Waals surface area contributed by atoms with Crippen molar-refractivity contribution >= 4 is 21.8 Å². The van der Waals surface area contributed by atoms with E-state index in [1.807, 2.05) is 0 Å². The summed E-state index contributed by atoms with van der Waals surface area (Å²) in [5, 5.41) is 3.06. The fourth-order valence-electron chi connectivity index (χ4n) is 4.21. The molecule has 2 amide bonds. The summed E-state index contributed by atoms with van der Waals surface area (Å²) in [6.45, 7) is 6.53. The summed E-state index contributed by atoms with van der Waals surface area (Å²) in [5.74, 6) is -0.169. The van der Waals surface area contributed by atoms with Crippen molar-refractivity contribution in [2.75, 3.05) is 45.8 Å². The van der Waals surface area contributed by atoms with E-state index in [2.05, 4.69) is 17.1 Å². The molecule has 2 aliphatic rings. The highest BCUT2D eigenvalue weighted by atomic mass is 32.2. The molecule has 1 N–H and O–H groups in total. The first kappa shape index (κ1) is 23.7. The average molecular weight is 451 g/mol. The van der Waals surface area contributed by atoms with Gasteiger partial charge in [0.15, 0.2) is 0 Å². The molecule has 0 bridgehead atoms. The highest BCUT2D eigenvalue weighted by molar-refractivity contribution is 7.89. The Kier molecular flexibility index (Phi) is 8.45. The van der Waals surface area contributed by atoms with E-state index in [9.17, 15) is 18.0 Å². The third-order valence-corrected chi connectivity index (χ3v) is 7.94. The molecule has 2 aliphatic heterocycles. The number of benzene rings is 1. The predicted octanol–water partition coefficient (Wildman–Crippen LogP) is 1.29. The number of likely N-dealkylation sites (tertiary alicyclic amines) is 1. The van der Waals surface area contributed by atoms with Gasteiger partial charge in [-0.3, -0.25) is 9.59 Å². The van der Waals surface area contributed by atoms with Crippen molar-refractivity contribution in [2.24, 2.45) is 0 Å². The SMILES string of the molecule is CCCN1CCC(NC(=O)CCC(=O)N2CCN(S(=O)(=O)c3ccccc3)CC2)CC1. The molecule has 0 unspecified atom stereocenters. The van der Waals surface area contributed by atoms with E-state index < -0.39 is 10.0 Å². The average Bonchev–Trinajstić information content (AvgIpc) is 2.79. The summed E-state index contributed by atoms with van der Waals surface area (Å²) in [7, 11) is -3.53. The van der Waals surface area contributed by atoms with Gasteiger partial charge in [-0.25, -0.2) is 8.42 Å². The smallest absolute Gasteiger partial charge is 0.243 e. The molecule has 8 nitrogen and oxygen atoms in total. The maximum absolute atomic E-state index is 12.7. The van der Waals surface area contributed by atoms with Gasteiger partial charge in [0, 0.05) is 58.2 Å². The molecule has 9 heteroatoms. The number of carbonyl (C=O) groups is 2. The summed E-state index contributed by atoms with van der Waals surface area (Å²) < 4.78 is 26.8. The minimum absolute atomic E-state index is 0.0763. The Morgan fingerprint density at radius 2 is 1.61 bits per heavy atom. The van der Waals surface area contributed by atoms with Crippen molar-refractivity contribution < 1.29 is 18.0 Å². The fraction of sp³-hybridized carbons (Fsp3) is 0.636. The Balaban J connectivity index is 1.38. The van der Waals surface area contributed by atoms with Gasteiger partial charge >= 0.3 is 0 Å². The van der Waals surface area contributed by atoms with E-state index in [0.717, 1.165) is 38.9 Å². The second kappa shape index (κ2) is 11.1. The highest BCUT2D eigenvalue weighted by Gasteiger charge is 2.30. The van der Waals surface area contributed by atoms with E-state index >= 15 is 0 Å². The van der Waals surface area contributed by atoms with Gasteiger partial charge in [-0.1, -0.05) is 25.1 Å². The van der Waals surface area contributed by atoms with Crippen LogP contribution in [-0.4, -0.2) is 86.2 Å². The lowest BCUT2D eigenvalue weighted by molar-refractivity contribution is -0.134. The number of piperidine rings is 1. The zero-order valence-electron chi connectivity index (χ0n) is 18.3. The first-order valence-corrected chi connectivity index (χ1v) is 12.7. The van der Waals surface area contributed by atoms with Crippen LogP contribution in [0.3, 0.4) is 0 Å². The molecule has 0 radical (unpaired) electrons. The topological polar surface area (TPSA) is 90.0 Å². The van der Waals surface area contributed by atoms with Crippen LogP contribution in [0.25, 0.3) is 0 Å². The van der Waals surface area contributed by atoms with Gasteiger partial charge < -0.3 is 15.1 Å². The summed E-state index contributed by atoms with van der Waals surface area (Å²) in [4.78, 5) is 29.1. The van der Waals surface area contributed by atoms with Crippen LogP contribution in [0, 0.1) is 0 Å². The van der Waals surface area contributed by atoms with E-state index in [1.165, 1.54) is 4.31 Å². The molecule has 0 atom stereocenters. The number of piperazine rings is 1. The van der Waals surface area contributed by atoms with Crippen LogP contribution >= 0.6 is 0 Å². The van der Waals surface area contributed by atoms with Crippen molar-refractivity contribution in [1.29, 1.82) is 0 Å². The summed E-state index contributed by atoms with van der Waals surface area (Å²) in [5.41, 5.74) is 0. The molecule has 2 saturated heterocycles. The number of hydrogen-bond acceptors (Lipinski definition) is 5. The van der Waals surface area contributed by atoms with Crippen molar-refractivity contribution in [3.63, 3.8) is 0 Å². The van der Waals surface area contributed by atoms with Crippen LogP contribution in [0.15, 0.2) is 35.2 Å². The third-order valence-electron chi connectivity index (χ3n) is 6.03. The number of carbonyl (C=O) groups excluding carboxylic acids is 2. The van der Waals surface area contributed by atoms with Crippen LogP contribution in [0.4, 0.5) is 0 Å². The largest absolute Gasteiger partial charge is 0.353 e. The standard InChI is InChI=1S/C22H34N4O4S/c1-2-12-24-13-10-19(11-14-24)23-21(27)8-9-22(28)25-15-17-26(18-16-25)31(29,30)20-6-4-3-5-7-20/h3-7,19H,2,8-18H2,1H3,(H,23,27). The molecule has 2 fully saturated rings. The monoisotopic (exact) mass is 450 g/mol. The zero-order chi connectivity index (χ0) is 22.3. The first-order chi connectivity index (χ1) is 14.9. The Hall–Kier alpha value is -1.97. The van der Waals surface area contributed by atoms with Gasteiger partial charge in [0.2, 0.25) is 21.8 Å². The molecular formula is C22H34N4O4S. The molecule has 3 rings (SSSR count). The minimum Gasteiger partial charge on any atom is -0.353 e. The quantitative estimate of drug-likeness (QED) is 0.645. The van der Waals surface area contributed by atoms with Crippen molar-refractivity contribution in [2.45, 2.75) is 50.0 Å². The van der Waals surface area contributed by atoms with Crippen LogP contribution in [0.2, 0.25) is 0 Å². The van der Waals surface area contributed by atoms with Crippen molar-refractivity contribution in [1.82, 2.24) is 19.4 Å². The minimum atomic E-state index is -3.53. The Labute approximate surface area is 185 Å². The zero-order valence-corrected chi connectivity index (χ0v) is 19.1. The third kappa shape index (κ3) is 6.51. The molecule has 1 aromatic rings. The normalized spacial score (nSPS) is 19.3. The fourth-order valence-corrected chi connectivity index (χ4v) is 5.66. The number of nitrogens with one attached hydrogen (secondary N) is 1. The Morgan fingerprint density at radius 1 is 0.968 bits per heavy atom. The maximum atomic E-state index is 12.7. The van der Waals surface area contributed by atoms with E-state index in [-0.39, 0.29) is 48.7 Å². The van der Waals surface area contributed by atoms with Crippen LogP contribution in [-0.2, 0) is 19.6 Å².